The van der Waals surface area contributed by atoms with Crippen LogP contribution in [0.1, 0.15) is 16.1 Å². The van der Waals surface area contributed by atoms with Crippen LogP contribution in [0.25, 0.3) is 10.6 Å². The summed E-state index contributed by atoms with van der Waals surface area (Å²) in [5.74, 6) is -0.367. The molecule has 8 nitrogen and oxygen atoms in total. The zero-order chi connectivity index (χ0) is 22.7. The SMILES string of the molecule is CN(Cc1ccccc1)S(=O)(=O)c1ccc(NC(=O)c2csc(-c3cnn(C)c3)n2)cc1. The highest BCUT2D eigenvalue weighted by Gasteiger charge is 2.21. The van der Waals surface area contributed by atoms with Crippen molar-refractivity contribution in [1.82, 2.24) is 19.1 Å². The van der Waals surface area contributed by atoms with Crippen LogP contribution in [0, 0.1) is 0 Å². The maximum absolute atomic E-state index is 12.9. The fraction of sp³-hybridized carbons (Fsp3) is 0.136. The van der Waals surface area contributed by atoms with Crippen LogP contribution in [-0.4, -0.2) is 40.4 Å². The summed E-state index contributed by atoms with van der Waals surface area (Å²) < 4.78 is 28.7. The summed E-state index contributed by atoms with van der Waals surface area (Å²) in [7, 11) is -0.303. The number of sulfonamides is 1. The van der Waals surface area contributed by atoms with Crippen LogP contribution in [0.4, 0.5) is 5.69 Å². The second-order valence-electron chi connectivity index (χ2n) is 7.17. The van der Waals surface area contributed by atoms with Gasteiger partial charge in [0.05, 0.1) is 11.1 Å². The molecule has 2 aromatic heterocycles. The number of rotatable bonds is 7. The smallest absolute Gasteiger partial charge is 0.275 e. The van der Waals surface area contributed by atoms with Crippen LogP contribution >= 0.6 is 11.3 Å². The summed E-state index contributed by atoms with van der Waals surface area (Å²) in [5.41, 5.74) is 2.51. The van der Waals surface area contributed by atoms with Gasteiger partial charge in [-0.05, 0) is 29.8 Å². The first-order valence-electron chi connectivity index (χ1n) is 9.69. The summed E-state index contributed by atoms with van der Waals surface area (Å²) in [6.07, 6.45) is 3.52. The number of thiazole rings is 1. The number of amides is 1. The summed E-state index contributed by atoms with van der Waals surface area (Å²) in [6, 6.07) is 15.5. The fourth-order valence-corrected chi connectivity index (χ4v) is 4.99. The highest BCUT2D eigenvalue weighted by atomic mass is 32.2. The van der Waals surface area contributed by atoms with Crippen LogP contribution in [0.3, 0.4) is 0 Å². The van der Waals surface area contributed by atoms with Gasteiger partial charge in [-0.3, -0.25) is 9.48 Å². The van der Waals surface area contributed by atoms with Crippen molar-refractivity contribution in [3.63, 3.8) is 0 Å². The Morgan fingerprint density at radius 3 is 2.50 bits per heavy atom. The first kappa shape index (κ1) is 21.9. The van der Waals surface area contributed by atoms with Gasteiger partial charge in [0.2, 0.25) is 10.0 Å². The molecule has 0 spiro atoms. The number of hydrogen-bond donors (Lipinski definition) is 1. The minimum Gasteiger partial charge on any atom is -0.321 e. The number of nitrogens with zero attached hydrogens (tertiary/aromatic N) is 4. The van der Waals surface area contributed by atoms with E-state index in [2.05, 4.69) is 15.4 Å². The molecule has 32 heavy (non-hydrogen) atoms. The molecule has 0 radical (unpaired) electrons. The Morgan fingerprint density at radius 2 is 1.84 bits per heavy atom. The van der Waals surface area contributed by atoms with Gasteiger partial charge in [0.25, 0.3) is 5.91 Å². The minimum atomic E-state index is -3.66. The molecule has 0 atom stereocenters. The van der Waals surface area contributed by atoms with Crippen molar-refractivity contribution < 1.29 is 13.2 Å². The van der Waals surface area contributed by atoms with Gasteiger partial charge in [0, 0.05) is 43.5 Å². The Labute approximate surface area is 190 Å². The van der Waals surface area contributed by atoms with E-state index in [1.165, 1.54) is 27.8 Å². The molecule has 10 heteroatoms. The van der Waals surface area contributed by atoms with Crippen molar-refractivity contribution in [1.29, 1.82) is 0 Å². The van der Waals surface area contributed by atoms with E-state index in [4.69, 9.17) is 0 Å². The van der Waals surface area contributed by atoms with E-state index in [-0.39, 0.29) is 23.0 Å². The maximum atomic E-state index is 12.9. The lowest BCUT2D eigenvalue weighted by molar-refractivity contribution is 0.102. The molecule has 0 saturated carbocycles. The van der Waals surface area contributed by atoms with Crippen molar-refractivity contribution in [2.45, 2.75) is 11.4 Å². The molecule has 4 aromatic rings. The van der Waals surface area contributed by atoms with Gasteiger partial charge in [-0.15, -0.1) is 11.3 Å². The Morgan fingerprint density at radius 1 is 1.12 bits per heavy atom. The van der Waals surface area contributed by atoms with E-state index in [1.54, 1.807) is 35.4 Å². The standard InChI is InChI=1S/C22H21N5O3S2/c1-26-14-17(12-23-26)22-25-20(15-31-22)21(28)24-18-8-10-19(11-9-18)32(29,30)27(2)13-16-6-4-3-5-7-16/h3-12,14-15H,13H2,1-2H3,(H,24,28). The van der Waals surface area contributed by atoms with E-state index >= 15 is 0 Å². The van der Waals surface area contributed by atoms with Crippen molar-refractivity contribution in [2.24, 2.45) is 7.05 Å². The zero-order valence-corrected chi connectivity index (χ0v) is 19.1. The quantitative estimate of drug-likeness (QED) is 0.448. The Hall–Kier alpha value is -3.34. The fourth-order valence-electron chi connectivity index (χ4n) is 3.05. The predicted octanol–water partition coefficient (Wildman–Crippen LogP) is 3.62. The maximum Gasteiger partial charge on any atom is 0.275 e. The Kier molecular flexibility index (Phi) is 6.17. The second kappa shape index (κ2) is 9.03. The summed E-state index contributed by atoms with van der Waals surface area (Å²) in [5, 5.41) is 9.24. The molecular formula is C22H21N5O3S2. The van der Waals surface area contributed by atoms with Crippen LogP contribution < -0.4 is 5.32 Å². The zero-order valence-electron chi connectivity index (χ0n) is 17.5. The predicted molar refractivity (Wildman–Crippen MR) is 124 cm³/mol. The molecule has 2 heterocycles. The Bertz CT molecular complexity index is 1330. The largest absolute Gasteiger partial charge is 0.321 e. The lowest BCUT2D eigenvalue weighted by Gasteiger charge is -2.17. The number of carbonyl (C=O) groups excluding carboxylic acids is 1. The lowest BCUT2D eigenvalue weighted by atomic mass is 10.2. The van der Waals surface area contributed by atoms with Gasteiger partial charge in [-0.1, -0.05) is 30.3 Å². The molecule has 0 aliphatic rings. The number of aryl methyl sites for hydroxylation is 1. The molecule has 0 fully saturated rings. The van der Waals surface area contributed by atoms with Crippen molar-refractivity contribution in [3.05, 3.63) is 83.6 Å². The van der Waals surface area contributed by atoms with Gasteiger partial charge < -0.3 is 5.32 Å². The van der Waals surface area contributed by atoms with Gasteiger partial charge in [0.15, 0.2) is 0 Å². The third-order valence-electron chi connectivity index (χ3n) is 4.76. The average molecular weight is 468 g/mol. The molecule has 4 rings (SSSR count). The number of aromatic nitrogens is 3. The molecule has 0 unspecified atom stereocenters. The van der Waals surface area contributed by atoms with Crippen LogP contribution in [0.5, 0.6) is 0 Å². The van der Waals surface area contributed by atoms with Gasteiger partial charge in [0.1, 0.15) is 10.7 Å². The lowest BCUT2D eigenvalue weighted by Crippen LogP contribution is -2.26. The number of anilines is 1. The first-order chi connectivity index (χ1) is 15.3. The van der Waals surface area contributed by atoms with E-state index in [0.29, 0.717) is 10.7 Å². The highest BCUT2D eigenvalue weighted by Crippen LogP contribution is 2.24. The third-order valence-corrected chi connectivity index (χ3v) is 7.47. The number of nitrogens with one attached hydrogen (secondary N) is 1. The van der Waals surface area contributed by atoms with E-state index < -0.39 is 10.0 Å². The molecule has 0 saturated heterocycles. The van der Waals surface area contributed by atoms with E-state index in [9.17, 15) is 13.2 Å². The average Bonchev–Trinajstić information content (AvgIpc) is 3.44. The number of hydrogen-bond acceptors (Lipinski definition) is 6. The van der Waals surface area contributed by atoms with E-state index in [1.807, 2.05) is 43.6 Å². The monoisotopic (exact) mass is 467 g/mol. The summed E-state index contributed by atoms with van der Waals surface area (Å²) >= 11 is 1.35. The molecule has 2 aromatic carbocycles. The van der Waals surface area contributed by atoms with Crippen molar-refractivity contribution in [3.8, 4) is 10.6 Å². The molecule has 1 N–H and O–H groups in total. The van der Waals surface area contributed by atoms with Gasteiger partial charge in [-0.2, -0.15) is 9.40 Å². The summed E-state index contributed by atoms with van der Waals surface area (Å²) in [6.45, 7) is 0.269. The molecule has 0 bridgehead atoms. The van der Waals surface area contributed by atoms with Crippen molar-refractivity contribution >= 4 is 33.0 Å². The third kappa shape index (κ3) is 4.77. The Balaban J connectivity index is 1.43. The molecule has 0 aliphatic heterocycles. The first-order valence-corrected chi connectivity index (χ1v) is 12.0. The molecular weight excluding hydrogens is 446 g/mol. The van der Waals surface area contributed by atoms with Crippen LogP contribution in [-0.2, 0) is 23.6 Å². The van der Waals surface area contributed by atoms with Gasteiger partial charge in [-0.25, -0.2) is 13.4 Å². The van der Waals surface area contributed by atoms with Crippen molar-refractivity contribution in [2.75, 3.05) is 12.4 Å². The van der Waals surface area contributed by atoms with Gasteiger partial charge >= 0.3 is 0 Å². The molecule has 0 aliphatic carbocycles. The van der Waals surface area contributed by atoms with Crippen LogP contribution in [0.2, 0.25) is 0 Å². The topological polar surface area (TPSA) is 97.2 Å². The normalized spacial score (nSPS) is 11.6. The molecule has 164 valence electrons. The number of benzene rings is 2. The minimum absolute atomic E-state index is 0.154. The van der Waals surface area contributed by atoms with E-state index in [0.717, 1.165) is 11.1 Å². The summed E-state index contributed by atoms with van der Waals surface area (Å²) in [4.78, 5) is 17.1. The van der Waals surface area contributed by atoms with Crippen LogP contribution in [0.15, 0.2) is 77.3 Å². The number of carbonyl (C=O) groups is 1. The second-order valence-corrected chi connectivity index (χ2v) is 10.1. The molecule has 1 amide bonds. The highest BCUT2D eigenvalue weighted by molar-refractivity contribution is 7.89.